The van der Waals surface area contributed by atoms with Crippen molar-refractivity contribution in [2.24, 2.45) is 5.41 Å². The van der Waals surface area contributed by atoms with Gasteiger partial charge in [0.05, 0.1) is 6.61 Å². The summed E-state index contributed by atoms with van der Waals surface area (Å²) in [6, 6.07) is -0.208. The fraction of sp³-hybridized carbons (Fsp3) is 0.909. The predicted molar refractivity (Wildman–Crippen MR) is 58.2 cm³/mol. The second-order valence-corrected chi connectivity index (χ2v) is 4.37. The minimum absolute atomic E-state index is 0.167. The minimum atomic E-state index is -0.208. The molecule has 0 rings (SSSR count). The van der Waals surface area contributed by atoms with E-state index in [4.69, 9.17) is 4.74 Å². The largest absolute Gasteiger partial charge is 0.465 e. The highest BCUT2D eigenvalue weighted by molar-refractivity contribution is 5.75. The van der Waals surface area contributed by atoms with Crippen LogP contribution in [0.25, 0.3) is 0 Å². The topological polar surface area (TPSA) is 38.3 Å². The lowest BCUT2D eigenvalue weighted by Crippen LogP contribution is -2.40. The third kappa shape index (κ3) is 5.22. The third-order valence-electron chi connectivity index (χ3n) is 2.48. The molecule has 3 heteroatoms. The number of carbonyl (C=O) groups is 1. The van der Waals surface area contributed by atoms with E-state index in [1.54, 1.807) is 0 Å². The van der Waals surface area contributed by atoms with Gasteiger partial charge in [-0.25, -0.2) is 0 Å². The molecule has 0 saturated carbocycles. The van der Waals surface area contributed by atoms with Crippen molar-refractivity contribution in [2.45, 2.75) is 47.1 Å². The lowest BCUT2D eigenvalue weighted by atomic mass is 9.90. The van der Waals surface area contributed by atoms with Crippen LogP contribution in [0.1, 0.15) is 41.0 Å². The van der Waals surface area contributed by atoms with Crippen LogP contribution in [0.3, 0.4) is 0 Å². The van der Waals surface area contributed by atoms with Crippen molar-refractivity contribution in [3.05, 3.63) is 0 Å². The summed E-state index contributed by atoms with van der Waals surface area (Å²) in [6.45, 7) is 11.4. The first-order chi connectivity index (χ1) is 6.43. The van der Waals surface area contributed by atoms with Crippen molar-refractivity contribution in [3.8, 4) is 0 Å². The SMILES string of the molecule is CCOC(=O)C(C)NCC(C)(C)CC. The monoisotopic (exact) mass is 201 g/mol. The zero-order valence-electron chi connectivity index (χ0n) is 10.0. The quantitative estimate of drug-likeness (QED) is 0.668. The van der Waals surface area contributed by atoms with E-state index < -0.39 is 0 Å². The Morgan fingerprint density at radius 3 is 2.43 bits per heavy atom. The molecule has 0 radical (unpaired) electrons. The molecule has 0 aromatic heterocycles. The molecule has 0 saturated heterocycles. The molecular weight excluding hydrogens is 178 g/mol. The average molecular weight is 201 g/mol. The maximum Gasteiger partial charge on any atom is 0.322 e. The zero-order valence-corrected chi connectivity index (χ0v) is 10.0. The van der Waals surface area contributed by atoms with Crippen molar-refractivity contribution >= 4 is 5.97 Å². The Morgan fingerprint density at radius 1 is 1.43 bits per heavy atom. The lowest BCUT2D eigenvalue weighted by molar-refractivity contribution is -0.145. The molecule has 14 heavy (non-hydrogen) atoms. The Hall–Kier alpha value is -0.570. The van der Waals surface area contributed by atoms with Gasteiger partial charge in [0.2, 0.25) is 0 Å². The van der Waals surface area contributed by atoms with E-state index in [9.17, 15) is 4.79 Å². The van der Waals surface area contributed by atoms with E-state index in [1.807, 2.05) is 13.8 Å². The van der Waals surface area contributed by atoms with Crippen LogP contribution in [0.4, 0.5) is 0 Å². The van der Waals surface area contributed by atoms with Crippen LogP contribution in [0.5, 0.6) is 0 Å². The Morgan fingerprint density at radius 2 is 2.00 bits per heavy atom. The van der Waals surface area contributed by atoms with Crippen LogP contribution in [0.2, 0.25) is 0 Å². The van der Waals surface area contributed by atoms with Gasteiger partial charge in [-0.05, 0) is 25.7 Å². The first kappa shape index (κ1) is 13.4. The van der Waals surface area contributed by atoms with E-state index in [0.717, 1.165) is 13.0 Å². The molecule has 1 N–H and O–H groups in total. The Kier molecular flexibility index (Phi) is 5.77. The predicted octanol–water partition coefficient (Wildman–Crippen LogP) is 1.96. The van der Waals surface area contributed by atoms with Gasteiger partial charge in [-0.15, -0.1) is 0 Å². The molecule has 0 fully saturated rings. The number of hydrogen-bond acceptors (Lipinski definition) is 3. The number of hydrogen-bond donors (Lipinski definition) is 1. The molecule has 0 spiro atoms. The second-order valence-electron chi connectivity index (χ2n) is 4.37. The minimum Gasteiger partial charge on any atom is -0.465 e. The molecule has 0 aromatic carbocycles. The van der Waals surface area contributed by atoms with Crippen molar-refractivity contribution in [1.29, 1.82) is 0 Å². The molecule has 0 aliphatic heterocycles. The van der Waals surface area contributed by atoms with Crippen molar-refractivity contribution in [1.82, 2.24) is 5.32 Å². The number of nitrogens with one attached hydrogen (secondary N) is 1. The summed E-state index contributed by atoms with van der Waals surface area (Å²) in [4.78, 5) is 11.3. The Balaban J connectivity index is 3.84. The molecule has 3 nitrogen and oxygen atoms in total. The smallest absolute Gasteiger partial charge is 0.322 e. The van der Waals surface area contributed by atoms with Gasteiger partial charge in [-0.2, -0.15) is 0 Å². The second kappa shape index (κ2) is 6.02. The van der Waals surface area contributed by atoms with Gasteiger partial charge >= 0.3 is 5.97 Å². The standard InChI is InChI=1S/C11H23NO2/c1-6-11(4,5)8-12-9(3)10(13)14-7-2/h9,12H,6-8H2,1-5H3. The molecule has 0 bridgehead atoms. The van der Waals surface area contributed by atoms with Gasteiger partial charge in [0.15, 0.2) is 0 Å². The first-order valence-electron chi connectivity index (χ1n) is 5.33. The van der Waals surface area contributed by atoms with E-state index in [-0.39, 0.29) is 17.4 Å². The molecule has 0 heterocycles. The van der Waals surface area contributed by atoms with Crippen LogP contribution in [0.15, 0.2) is 0 Å². The van der Waals surface area contributed by atoms with Gasteiger partial charge in [-0.3, -0.25) is 4.79 Å². The summed E-state index contributed by atoms with van der Waals surface area (Å²) >= 11 is 0. The van der Waals surface area contributed by atoms with Crippen LogP contribution >= 0.6 is 0 Å². The molecule has 0 amide bonds. The summed E-state index contributed by atoms with van der Waals surface area (Å²) in [7, 11) is 0. The highest BCUT2D eigenvalue weighted by Crippen LogP contribution is 2.17. The van der Waals surface area contributed by atoms with Crippen molar-refractivity contribution in [3.63, 3.8) is 0 Å². The van der Waals surface area contributed by atoms with E-state index in [0.29, 0.717) is 6.61 Å². The highest BCUT2D eigenvalue weighted by Gasteiger charge is 2.19. The summed E-state index contributed by atoms with van der Waals surface area (Å²) in [5, 5.41) is 3.18. The molecule has 0 aromatic rings. The van der Waals surface area contributed by atoms with Gasteiger partial charge in [0.25, 0.3) is 0 Å². The summed E-state index contributed by atoms with van der Waals surface area (Å²) in [5.41, 5.74) is 0.237. The highest BCUT2D eigenvalue weighted by atomic mass is 16.5. The normalized spacial score (nSPS) is 13.8. The van der Waals surface area contributed by atoms with Crippen molar-refractivity contribution < 1.29 is 9.53 Å². The first-order valence-corrected chi connectivity index (χ1v) is 5.33. The van der Waals surface area contributed by atoms with Gasteiger partial charge in [0, 0.05) is 6.54 Å². The molecule has 1 atom stereocenters. The lowest BCUT2D eigenvalue weighted by Gasteiger charge is -2.24. The average Bonchev–Trinajstić information content (AvgIpc) is 2.15. The maximum atomic E-state index is 11.3. The Bertz CT molecular complexity index is 178. The summed E-state index contributed by atoms with van der Waals surface area (Å²) < 4.78 is 4.90. The number of rotatable bonds is 6. The third-order valence-corrected chi connectivity index (χ3v) is 2.48. The Labute approximate surface area is 87.2 Å². The molecule has 84 valence electrons. The molecule has 1 unspecified atom stereocenters. The fourth-order valence-electron chi connectivity index (χ4n) is 0.905. The van der Waals surface area contributed by atoms with Crippen LogP contribution in [0, 0.1) is 5.41 Å². The summed E-state index contributed by atoms with van der Waals surface area (Å²) in [6.07, 6.45) is 1.09. The molecule has 0 aliphatic carbocycles. The van der Waals surface area contributed by atoms with Crippen molar-refractivity contribution in [2.75, 3.05) is 13.2 Å². The molecule has 0 aliphatic rings. The number of carbonyl (C=O) groups excluding carboxylic acids is 1. The van der Waals surface area contributed by atoms with Crippen LogP contribution in [-0.4, -0.2) is 25.2 Å². The van der Waals surface area contributed by atoms with Gasteiger partial charge < -0.3 is 10.1 Å². The maximum absolute atomic E-state index is 11.3. The van der Waals surface area contributed by atoms with E-state index >= 15 is 0 Å². The van der Waals surface area contributed by atoms with Gasteiger partial charge in [-0.1, -0.05) is 20.8 Å². The number of esters is 1. The van der Waals surface area contributed by atoms with Crippen LogP contribution < -0.4 is 5.32 Å². The fourth-order valence-corrected chi connectivity index (χ4v) is 0.905. The van der Waals surface area contributed by atoms with Crippen LogP contribution in [-0.2, 0) is 9.53 Å². The van der Waals surface area contributed by atoms with E-state index in [2.05, 4.69) is 26.1 Å². The summed E-state index contributed by atoms with van der Waals surface area (Å²) in [5.74, 6) is -0.167. The number of ether oxygens (including phenoxy) is 1. The molecular formula is C11H23NO2. The zero-order chi connectivity index (χ0) is 11.2. The van der Waals surface area contributed by atoms with E-state index in [1.165, 1.54) is 0 Å². The van der Waals surface area contributed by atoms with Gasteiger partial charge in [0.1, 0.15) is 6.04 Å².